The monoisotopic (exact) mass is 1210 g/mol. The number of aliphatic hydroxyl groups is 1. The summed E-state index contributed by atoms with van der Waals surface area (Å²) in [7, 11) is 3.18. The number of aromatic amines is 1. The number of nitrogens with one attached hydrogen (secondary N) is 3. The first-order valence-corrected chi connectivity index (χ1v) is 28.6. The molecule has 0 radical (unpaired) electrons. The van der Waals surface area contributed by atoms with E-state index in [1.165, 1.54) is 31.7 Å². The molecule has 6 unspecified atom stereocenters. The Morgan fingerprint density at radius 1 is 0.782 bits per heavy atom. The highest BCUT2D eigenvalue weighted by Gasteiger charge is 2.50. The number of carbonyl (C=O) groups excluding carboxylic acids is 5. The molecule has 87 heavy (non-hydrogen) atoms. The van der Waals surface area contributed by atoms with Gasteiger partial charge in [0.15, 0.2) is 29.8 Å². The highest BCUT2D eigenvalue weighted by molar-refractivity contribution is 5.91. The Bertz CT molecular complexity index is 3260. The molecule has 3 aromatic heterocycles. The normalized spacial score (nSPS) is 21.1. The van der Waals surface area contributed by atoms with Gasteiger partial charge in [0.05, 0.1) is 59.7 Å². The van der Waals surface area contributed by atoms with Crippen LogP contribution in [-0.4, -0.2) is 166 Å². The van der Waals surface area contributed by atoms with E-state index in [2.05, 4.69) is 35.9 Å². The summed E-state index contributed by atoms with van der Waals surface area (Å²) >= 11 is 0. The van der Waals surface area contributed by atoms with Gasteiger partial charge in [-0.3, -0.25) is 43.6 Å². The maximum atomic E-state index is 13.4. The number of hydrogen-bond acceptors (Lipinski definition) is 22. The van der Waals surface area contributed by atoms with Crippen LogP contribution in [0.15, 0.2) is 96.2 Å². The third kappa shape index (κ3) is 16.5. The number of H-pyrrole nitrogens is 1. The number of ether oxygens (including phenoxy) is 11. The van der Waals surface area contributed by atoms with Gasteiger partial charge in [0.1, 0.15) is 59.9 Å². The van der Waals surface area contributed by atoms with E-state index in [0.29, 0.717) is 36.6 Å². The third-order valence-corrected chi connectivity index (χ3v) is 14.5. The van der Waals surface area contributed by atoms with E-state index < -0.39 is 90.0 Å². The van der Waals surface area contributed by atoms with Crippen molar-refractivity contribution in [1.82, 2.24) is 39.8 Å². The van der Waals surface area contributed by atoms with Gasteiger partial charge in [-0.05, 0) is 53.8 Å². The number of hydrogen-bond donors (Lipinski definition) is 4. The lowest BCUT2D eigenvalue weighted by atomic mass is 9.80. The molecule has 0 bridgehead atoms. The van der Waals surface area contributed by atoms with Crippen LogP contribution in [0.5, 0.6) is 11.5 Å². The Morgan fingerprint density at radius 2 is 1.45 bits per heavy atom. The Labute approximate surface area is 501 Å². The van der Waals surface area contributed by atoms with E-state index >= 15 is 0 Å². The van der Waals surface area contributed by atoms with Crippen LogP contribution in [0.3, 0.4) is 0 Å². The fourth-order valence-electron chi connectivity index (χ4n) is 10.1. The zero-order valence-corrected chi connectivity index (χ0v) is 49.8. The van der Waals surface area contributed by atoms with Gasteiger partial charge in [0.25, 0.3) is 5.56 Å². The number of carbonyl (C=O) groups is 5. The summed E-state index contributed by atoms with van der Waals surface area (Å²) in [5.41, 5.74) is 0.806. The van der Waals surface area contributed by atoms with E-state index in [9.17, 15) is 33.9 Å². The summed E-state index contributed by atoms with van der Waals surface area (Å²) in [6, 6.07) is 24.7. The average Bonchev–Trinajstić information content (AvgIpc) is 1.80. The summed E-state index contributed by atoms with van der Waals surface area (Å²) < 4.78 is 68.3. The summed E-state index contributed by atoms with van der Waals surface area (Å²) in [5.74, 6) is -2.17. The lowest BCUT2D eigenvalue weighted by Gasteiger charge is -2.43. The lowest BCUT2D eigenvalue weighted by Crippen LogP contribution is -2.58. The summed E-state index contributed by atoms with van der Waals surface area (Å²) in [5, 5.41) is 26.4. The number of imidazole rings is 1. The van der Waals surface area contributed by atoms with Crippen LogP contribution in [0.2, 0.25) is 0 Å². The molecule has 4 N–H and O–H groups in total. The molecule has 0 saturated carbocycles. The first-order valence-electron chi connectivity index (χ1n) is 28.6. The molecule has 5 heterocycles. The van der Waals surface area contributed by atoms with Crippen LogP contribution in [0, 0.1) is 11.8 Å². The number of amides is 2. The van der Waals surface area contributed by atoms with E-state index in [1.54, 1.807) is 45.9 Å². The number of esters is 3. The Morgan fingerprint density at radius 3 is 2.09 bits per heavy atom. The molecule has 0 aliphatic carbocycles. The van der Waals surface area contributed by atoms with Crippen molar-refractivity contribution >= 4 is 46.8 Å². The van der Waals surface area contributed by atoms with Crippen molar-refractivity contribution in [3.63, 3.8) is 0 Å². The number of anilines is 1. The number of aliphatic hydroxyl groups excluding tert-OH is 1. The predicted molar refractivity (Wildman–Crippen MR) is 308 cm³/mol. The summed E-state index contributed by atoms with van der Waals surface area (Å²) in [6.45, 7) is 9.41. The average molecular weight is 1210 g/mol. The van der Waals surface area contributed by atoms with Gasteiger partial charge in [0, 0.05) is 52.2 Å². The van der Waals surface area contributed by atoms with Gasteiger partial charge < -0.3 is 62.5 Å². The fourth-order valence-corrected chi connectivity index (χ4v) is 10.1. The Hall–Kier alpha value is -8.18. The Kier molecular flexibility index (Phi) is 22.7. The van der Waals surface area contributed by atoms with Gasteiger partial charge in [-0.1, -0.05) is 80.6 Å². The van der Waals surface area contributed by atoms with Gasteiger partial charge in [-0.15, -0.1) is 5.10 Å². The third-order valence-electron chi connectivity index (χ3n) is 14.5. The number of methoxy groups -OCH3 is 2. The molecule has 27 heteroatoms. The van der Waals surface area contributed by atoms with E-state index in [1.807, 2.05) is 78.9 Å². The number of aromatic nitrogens is 7. The standard InChI is InChI=1S/C60H75N9O18/c1-35(2)55(75)64-59-63-54-49(56(76)65-59)62-34-69(54)57-53(50(74)46(86-57)33-83-60(40-14-10-9-11-15-40,41-17-21-44(77-7)22-18-41)42-19-23-45(78-8)24-20-42)82-31-43-30-68(67-66-43)26-29-79-28-25-61-48(73)16-12-13-27-80-58-36(3)51(84-38(5)71)52(85-39(6)72)47(87-58)32-81-37(4)70/h9-11,14-15,17-24,30,34-36,46-47,50-53,57-58,74H,12-13,16,25-29,31-33H2,1-8H3,(H,61,73)(H2,63,64,65,75,76)/t36?,46?,47?,50-,51?,52?,53-,57-,58?/m1/s1. The molecule has 8 rings (SSSR count). The van der Waals surface area contributed by atoms with Crippen LogP contribution < -0.4 is 25.7 Å². The minimum absolute atomic E-state index is 0.0455. The maximum Gasteiger partial charge on any atom is 0.303 e. The van der Waals surface area contributed by atoms with Crippen molar-refractivity contribution in [2.24, 2.45) is 11.8 Å². The minimum Gasteiger partial charge on any atom is -0.497 e. The van der Waals surface area contributed by atoms with Crippen molar-refractivity contribution in [3.8, 4) is 11.5 Å². The highest BCUT2D eigenvalue weighted by Crippen LogP contribution is 2.44. The molecule has 468 valence electrons. The fraction of sp³-hybridized carbons (Fsp3) is 0.500. The molecule has 0 spiro atoms. The van der Waals surface area contributed by atoms with Gasteiger partial charge >= 0.3 is 17.9 Å². The predicted octanol–water partition coefficient (Wildman–Crippen LogP) is 4.28. The topological polar surface area (TPSA) is 325 Å². The van der Waals surface area contributed by atoms with E-state index in [-0.39, 0.29) is 81.5 Å². The van der Waals surface area contributed by atoms with Crippen molar-refractivity contribution in [2.45, 2.75) is 129 Å². The van der Waals surface area contributed by atoms with Crippen molar-refractivity contribution in [2.75, 3.05) is 59.1 Å². The molecular weight excluding hydrogens is 1130 g/mol. The maximum absolute atomic E-state index is 13.4. The lowest BCUT2D eigenvalue weighted by molar-refractivity contribution is -0.288. The highest BCUT2D eigenvalue weighted by atomic mass is 16.7. The first-order chi connectivity index (χ1) is 41.9. The van der Waals surface area contributed by atoms with Crippen molar-refractivity contribution in [1.29, 1.82) is 0 Å². The van der Waals surface area contributed by atoms with Gasteiger partial charge in [0.2, 0.25) is 17.8 Å². The number of nitrogens with zero attached hydrogens (tertiary/aromatic N) is 6. The smallest absolute Gasteiger partial charge is 0.303 e. The SMILES string of the molecule is COc1ccc(C(OCC2O[C@@H](n3cnc4c(=O)[nH]c(NC(=O)C(C)C)nc43)[C@H](OCc3cn(CCOCCNC(=O)CCCCOC4OC(COC(C)=O)C(OC(C)=O)C(OC(C)=O)C4C)nn3)[C@@H]2O)(c2ccccc2)c2ccc(OC)cc2)cc1. The zero-order chi connectivity index (χ0) is 62.2. The molecule has 2 aliphatic rings. The van der Waals surface area contributed by atoms with Crippen molar-refractivity contribution < 1.29 is 81.2 Å². The molecule has 6 aromatic rings. The van der Waals surface area contributed by atoms with E-state index in [0.717, 1.165) is 16.7 Å². The molecule has 3 aromatic carbocycles. The minimum atomic E-state index is -1.36. The number of benzene rings is 3. The summed E-state index contributed by atoms with van der Waals surface area (Å²) in [6.07, 6.45) is -4.31. The summed E-state index contributed by atoms with van der Waals surface area (Å²) in [4.78, 5) is 85.8. The van der Waals surface area contributed by atoms with Crippen LogP contribution in [0.25, 0.3) is 11.2 Å². The van der Waals surface area contributed by atoms with Crippen LogP contribution in [0.1, 0.15) is 89.4 Å². The molecule has 2 amide bonds. The second-order valence-corrected chi connectivity index (χ2v) is 21.1. The number of fused-ring (bicyclic) bond motifs is 1. The van der Waals surface area contributed by atoms with Crippen molar-refractivity contribution in [3.05, 3.63) is 124 Å². The molecule has 27 nitrogen and oxygen atoms in total. The number of rotatable bonds is 30. The van der Waals surface area contributed by atoms with Gasteiger partial charge in [-0.2, -0.15) is 4.98 Å². The molecule has 2 aliphatic heterocycles. The first kappa shape index (κ1) is 64.8. The quantitative estimate of drug-likeness (QED) is 0.0212. The van der Waals surface area contributed by atoms with Crippen LogP contribution in [-0.2, 0) is 85.4 Å². The van der Waals surface area contributed by atoms with E-state index in [4.69, 9.17) is 52.1 Å². The number of unbranched alkanes of at least 4 members (excludes halogenated alkanes) is 1. The van der Waals surface area contributed by atoms with Gasteiger partial charge in [-0.25, -0.2) is 9.67 Å². The van der Waals surface area contributed by atoms with Crippen LogP contribution >= 0.6 is 0 Å². The molecule has 2 saturated heterocycles. The van der Waals surface area contributed by atoms with Crippen LogP contribution in [0.4, 0.5) is 5.95 Å². The molecule has 2 fully saturated rings. The Balaban J connectivity index is 0.874. The zero-order valence-electron chi connectivity index (χ0n) is 49.8. The largest absolute Gasteiger partial charge is 0.497 e. The second kappa shape index (κ2) is 30.4. The second-order valence-electron chi connectivity index (χ2n) is 21.1. The molecule has 9 atom stereocenters. The molecular formula is C60H75N9O18.